The molecule has 0 aliphatic heterocycles. The molecule has 1 saturated carbocycles. The Morgan fingerprint density at radius 1 is 0.917 bits per heavy atom. The molecule has 1 aliphatic carbocycles. The van der Waals surface area contributed by atoms with E-state index >= 15 is 0 Å². The molecule has 3 aromatic rings. The van der Waals surface area contributed by atoms with E-state index in [2.05, 4.69) is 22.2 Å². The van der Waals surface area contributed by atoms with Gasteiger partial charge in [0.25, 0.3) is 0 Å². The van der Waals surface area contributed by atoms with Gasteiger partial charge >= 0.3 is 0 Å². The number of rotatable bonds is 2. The molecule has 4 nitrogen and oxygen atoms in total. The van der Waals surface area contributed by atoms with Gasteiger partial charge in [0, 0.05) is 35.8 Å². The zero-order chi connectivity index (χ0) is 16.2. The van der Waals surface area contributed by atoms with Crippen molar-refractivity contribution in [1.29, 1.82) is 0 Å². The van der Waals surface area contributed by atoms with Crippen LogP contribution in [0.5, 0.6) is 0 Å². The van der Waals surface area contributed by atoms with E-state index in [1.165, 1.54) is 62.6 Å². The van der Waals surface area contributed by atoms with E-state index < -0.39 is 0 Å². The quantitative estimate of drug-likeness (QED) is 0.666. The highest BCUT2D eigenvalue weighted by atomic mass is 15.2. The first kappa shape index (κ1) is 15.3. The van der Waals surface area contributed by atoms with Crippen molar-refractivity contribution in [2.75, 3.05) is 0 Å². The van der Waals surface area contributed by atoms with Gasteiger partial charge in [-0.1, -0.05) is 38.5 Å². The van der Waals surface area contributed by atoms with Crippen molar-refractivity contribution in [3.05, 3.63) is 48.7 Å². The minimum atomic E-state index is 0.595. The van der Waals surface area contributed by atoms with Crippen molar-refractivity contribution >= 4 is 5.65 Å². The zero-order valence-corrected chi connectivity index (χ0v) is 14.1. The lowest BCUT2D eigenvalue weighted by Crippen LogP contribution is -2.02. The van der Waals surface area contributed by atoms with Crippen molar-refractivity contribution < 1.29 is 0 Å². The molecule has 4 rings (SSSR count). The molecule has 4 heteroatoms. The molecule has 0 saturated heterocycles. The van der Waals surface area contributed by atoms with E-state index in [-0.39, 0.29) is 0 Å². The lowest BCUT2D eigenvalue weighted by atomic mass is 9.92. The van der Waals surface area contributed by atoms with E-state index in [0.29, 0.717) is 5.92 Å². The van der Waals surface area contributed by atoms with E-state index in [0.717, 1.165) is 11.2 Å². The molecule has 1 aliphatic rings. The molecule has 0 amide bonds. The standard InChI is InChI=1S/C20H24N4/c1-2-4-6-9-16(8-5-3-1)19-14-17(10-12-21-19)18-15-23-24-13-7-11-22-20(18)24/h7,10-16H,1-6,8-9H2. The predicted octanol–water partition coefficient (Wildman–Crippen LogP) is 5.01. The Kier molecular flexibility index (Phi) is 4.54. The smallest absolute Gasteiger partial charge is 0.162 e. The molecule has 0 aromatic carbocycles. The predicted molar refractivity (Wildman–Crippen MR) is 95.9 cm³/mol. The summed E-state index contributed by atoms with van der Waals surface area (Å²) in [5.74, 6) is 0.595. The first-order valence-corrected chi connectivity index (χ1v) is 9.16. The summed E-state index contributed by atoms with van der Waals surface area (Å²) in [5.41, 5.74) is 4.41. The van der Waals surface area contributed by atoms with E-state index in [1.54, 1.807) is 0 Å². The Morgan fingerprint density at radius 3 is 2.54 bits per heavy atom. The maximum absolute atomic E-state index is 4.71. The Morgan fingerprint density at radius 2 is 1.71 bits per heavy atom. The summed E-state index contributed by atoms with van der Waals surface area (Å²) in [7, 11) is 0. The highest BCUT2D eigenvalue weighted by molar-refractivity contribution is 5.76. The van der Waals surface area contributed by atoms with Gasteiger partial charge in [-0.3, -0.25) is 4.98 Å². The van der Waals surface area contributed by atoms with Gasteiger partial charge in [-0.25, -0.2) is 9.50 Å². The van der Waals surface area contributed by atoms with Crippen molar-refractivity contribution in [2.45, 2.75) is 57.3 Å². The van der Waals surface area contributed by atoms with Crippen molar-refractivity contribution in [1.82, 2.24) is 19.6 Å². The lowest BCUT2D eigenvalue weighted by molar-refractivity contribution is 0.529. The molecule has 0 bridgehead atoms. The van der Waals surface area contributed by atoms with E-state index in [4.69, 9.17) is 4.98 Å². The molecule has 1 fully saturated rings. The third kappa shape index (κ3) is 3.18. The maximum Gasteiger partial charge on any atom is 0.162 e. The van der Waals surface area contributed by atoms with Crippen molar-refractivity contribution in [2.24, 2.45) is 0 Å². The Labute approximate surface area is 143 Å². The minimum absolute atomic E-state index is 0.595. The van der Waals surface area contributed by atoms with Gasteiger partial charge in [-0.2, -0.15) is 5.10 Å². The second-order valence-electron chi connectivity index (χ2n) is 6.81. The summed E-state index contributed by atoms with van der Waals surface area (Å²) in [5, 5.41) is 4.41. The molecule has 0 N–H and O–H groups in total. The third-order valence-electron chi connectivity index (χ3n) is 5.14. The SMILES string of the molecule is c1cnc2c(-c3ccnc(C4CCCCCCCC4)c3)cnn2c1. The van der Waals surface area contributed by atoms with Gasteiger partial charge in [0.15, 0.2) is 5.65 Å². The largest absolute Gasteiger partial charge is 0.261 e. The van der Waals surface area contributed by atoms with Crippen LogP contribution in [0.3, 0.4) is 0 Å². The molecular weight excluding hydrogens is 296 g/mol. The minimum Gasteiger partial charge on any atom is -0.261 e. The van der Waals surface area contributed by atoms with Crippen LogP contribution in [0.1, 0.15) is 63.0 Å². The van der Waals surface area contributed by atoms with Gasteiger partial charge in [0.05, 0.1) is 6.20 Å². The van der Waals surface area contributed by atoms with Crippen LogP contribution in [0.4, 0.5) is 0 Å². The van der Waals surface area contributed by atoms with Crippen LogP contribution in [0.25, 0.3) is 16.8 Å². The molecule has 124 valence electrons. The maximum atomic E-state index is 4.71. The average molecular weight is 320 g/mol. The highest BCUT2D eigenvalue weighted by Crippen LogP contribution is 2.32. The fourth-order valence-corrected chi connectivity index (χ4v) is 3.80. The summed E-state index contributed by atoms with van der Waals surface area (Å²) >= 11 is 0. The number of hydrogen-bond donors (Lipinski definition) is 0. The molecule has 0 unspecified atom stereocenters. The number of pyridine rings is 1. The van der Waals surface area contributed by atoms with Crippen molar-refractivity contribution in [3.63, 3.8) is 0 Å². The number of fused-ring (bicyclic) bond motifs is 1. The summed E-state index contributed by atoms with van der Waals surface area (Å²) in [4.78, 5) is 9.19. The zero-order valence-electron chi connectivity index (χ0n) is 14.1. The molecule has 0 spiro atoms. The summed E-state index contributed by atoms with van der Waals surface area (Å²) in [6.07, 6.45) is 18.3. The molecular formula is C20H24N4. The first-order valence-electron chi connectivity index (χ1n) is 9.16. The average Bonchev–Trinajstić information content (AvgIpc) is 3.11. The second-order valence-corrected chi connectivity index (χ2v) is 6.81. The molecule has 0 radical (unpaired) electrons. The summed E-state index contributed by atoms with van der Waals surface area (Å²) < 4.78 is 1.83. The summed E-state index contributed by atoms with van der Waals surface area (Å²) in [6.45, 7) is 0. The topological polar surface area (TPSA) is 43.1 Å². The van der Waals surface area contributed by atoms with Gasteiger partial charge in [-0.15, -0.1) is 0 Å². The van der Waals surface area contributed by atoms with E-state index in [9.17, 15) is 0 Å². The second kappa shape index (κ2) is 7.12. The fourth-order valence-electron chi connectivity index (χ4n) is 3.80. The number of aromatic nitrogens is 4. The summed E-state index contributed by atoms with van der Waals surface area (Å²) in [6, 6.07) is 6.23. The van der Waals surface area contributed by atoms with Crippen molar-refractivity contribution in [3.8, 4) is 11.1 Å². The molecule has 3 aromatic heterocycles. The Balaban J connectivity index is 1.65. The Bertz CT molecular complexity index is 798. The lowest BCUT2D eigenvalue weighted by Gasteiger charge is -2.16. The van der Waals surface area contributed by atoms with Gasteiger partial charge < -0.3 is 0 Å². The van der Waals surface area contributed by atoms with E-state index in [1.807, 2.05) is 35.4 Å². The van der Waals surface area contributed by atoms with Crippen LogP contribution in [-0.2, 0) is 0 Å². The van der Waals surface area contributed by atoms with Crippen LogP contribution in [0, 0.1) is 0 Å². The molecule has 0 atom stereocenters. The van der Waals surface area contributed by atoms with Crippen LogP contribution < -0.4 is 0 Å². The van der Waals surface area contributed by atoms with Crippen LogP contribution in [-0.4, -0.2) is 19.6 Å². The van der Waals surface area contributed by atoms with Gasteiger partial charge in [-0.05, 0) is 36.6 Å². The monoisotopic (exact) mass is 320 g/mol. The van der Waals surface area contributed by atoms with Crippen LogP contribution in [0.15, 0.2) is 43.0 Å². The van der Waals surface area contributed by atoms with Crippen LogP contribution >= 0.6 is 0 Å². The molecule has 3 heterocycles. The first-order chi connectivity index (χ1) is 11.9. The highest BCUT2D eigenvalue weighted by Gasteiger charge is 2.16. The normalized spacial score (nSPS) is 17.3. The third-order valence-corrected chi connectivity index (χ3v) is 5.14. The Hall–Kier alpha value is -2.23. The molecule has 24 heavy (non-hydrogen) atoms. The van der Waals surface area contributed by atoms with Gasteiger partial charge in [0.1, 0.15) is 0 Å². The number of hydrogen-bond acceptors (Lipinski definition) is 3. The number of nitrogens with zero attached hydrogens (tertiary/aromatic N) is 4. The van der Waals surface area contributed by atoms with Crippen LogP contribution in [0.2, 0.25) is 0 Å². The fraction of sp³-hybridized carbons (Fsp3) is 0.450. The van der Waals surface area contributed by atoms with Gasteiger partial charge in [0.2, 0.25) is 0 Å².